The number of hydrogen-bond donors (Lipinski definition) is 0. The molecule has 3 aromatic carbocycles. The van der Waals surface area contributed by atoms with Crippen molar-refractivity contribution in [2.75, 3.05) is 5.75 Å². The number of aryl methyl sites for hydroxylation is 1. The van der Waals surface area contributed by atoms with Gasteiger partial charge in [0.15, 0.2) is 0 Å². The van der Waals surface area contributed by atoms with Gasteiger partial charge in [-0.05, 0) is 51.1 Å². The first kappa shape index (κ1) is 20.9. The minimum atomic E-state index is -0.322. The fourth-order valence-corrected chi connectivity index (χ4v) is 7.63. The van der Waals surface area contributed by atoms with Crippen LogP contribution in [-0.2, 0) is 0 Å². The fraction of sp³-hybridized carbons (Fsp3) is 0.233. The molecule has 2 atom stereocenters. The molecule has 0 amide bonds. The SMILES string of the molecule is Cc1nn(-c2ccccc2)c2c1C1c3c(n(-c4ccccc4)c4ccccc34)SCC1C(C)(C)O2. The second kappa shape index (κ2) is 7.53. The largest absolute Gasteiger partial charge is 0.471 e. The molecule has 35 heavy (non-hydrogen) atoms. The van der Waals surface area contributed by atoms with Crippen LogP contribution in [0.25, 0.3) is 22.3 Å². The highest BCUT2D eigenvalue weighted by Gasteiger charge is 2.51. The summed E-state index contributed by atoms with van der Waals surface area (Å²) in [5.41, 5.74) is 6.87. The van der Waals surface area contributed by atoms with Crippen LogP contribution in [0.5, 0.6) is 5.88 Å². The molecular formula is C30H27N3OS. The monoisotopic (exact) mass is 477 g/mol. The maximum Gasteiger partial charge on any atom is 0.221 e. The van der Waals surface area contributed by atoms with Crippen molar-refractivity contribution < 1.29 is 4.74 Å². The standard InChI is InChI=1S/C30H27N3OS/c1-19-25-27-23(30(2,3)34-28(25)33(31-19)21-14-8-5-9-15-21)18-35-29-26(27)22-16-10-11-17-24(22)32(29)20-12-6-4-7-13-20/h4-17,23,27H,18H2,1-3H3. The number of benzene rings is 3. The summed E-state index contributed by atoms with van der Waals surface area (Å²) in [6.07, 6.45) is 0. The lowest BCUT2D eigenvalue weighted by molar-refractivity contribution is 0.0201. The first-order valence-electron chi connectivity index (χ1n) is 12.2. The van der Waals surface area contributed by atoms with Crippen LogP contribution in [0.15, 0.2) is 90.0 Å². The van der Waals surface area contributed by atoms with Gasteiger partial charge in [0, 0.05) is 39.8 Å². The summed E-state index contributed by atoms with van der Waals surface area (Å²) in [7, 11) is 0. The van der Waals surface area contributed by atoms with Gasteiger partial charge in [0.25, 0.3) is 0 Å². The van der Waals surface area contributed by atoms with E-state index in [1.54, 1.807) is 0 Å². The Bertz CT molecular complexity index is 1570. The van der Waals surface area contributed by atoms with E-state index in [-0.39, 0.29) is 11.5 Å². The Morgan fingerprint density at radius 1 is 0.857 bits per heavy atom. The lowest BCUT2D eigenvalue weighted by Crippen LogP contribution is -2.47. The van der Waals surface area contributed by atoms with Crippen LogP contribution in [0.1, 0.15) is 36.6 Å². The summed E-state index contributed by atoms with van der Waals surface area (Å²) in [6, 6.07) is 29.9. The van der Waals surface area contributed by atoms with Gasteiger partial charge < -0.3 is 9.30 Å². The molecule has 2 unspecified atom stereocenters. The van der Waals surface area contributed by atoms with Crippen molar-refractivity contribution in [2.45, 2.75) is 37.3 Å². The van der Waals surface area contributed by atoms with E-state index in [0.29, 0.717) is 5.92 Å². The first-order chi connectivity index (χ1) is 17.0. The molecule has 0 spiro atoms. The predicted molar refractivity (Wildman–Crippen MR) is 142 cm³/mol. The third-order valence-corrected chi connectivity index (χ3v) is 8.82. The smallest absolute Gasteiger partial charge is 0.221 e. The number of nitrogens with zero attached hydrogens (tertiary/aromatic N) is 3. The van der Waals surface area contributed by atoms with Gasteiger partial charge in [-0.2, -0.15) is 5.10 Å². The molecule has 4 nitrogen and oxygen atoms in total. The number of thioether (sulfide) groups is 1. The Hall–Kier alpha value is -3.44. The lowest BCUT2D eigenvalue weighted by Gasteiger charge is -2.46. The fourth-order valence-electron chi connectivity index (χ4n) is 5.97. The van der Waals surface area contributed by atoms with Crippen LogP contribution in [0.2, 0.25) is 0 Å². The zero-order valence-corrected chi connectivity index (χ0v) is 20.9. The van der Waals surface area contributed by atoms with Crippen LogP contribution in [-0.4, -0.2) is 25.7 Å². The number of hydrogen-bond acceptors (Lipinski definition) is 3. The number of rotatable bonds is 2. The second-order valence-electron chi connectivity index (χ2n) is 10.1. The van der Waals surface area contributed by atoms with Gasteiger partial charge in [-0.25, -0.2) is 4.68 Å². The van der Waals surface area contributed by atoms with Crippen LogP contribution < -0.4 is 4.74 Å². The molecule has 0 saturated heterocycles. The highest BCUT2D eigenvalue weighted by molar-refractivity contribution is 7.99. The van der Waals surface area contributed by atoms with Crippen molar-refractivity contribution >= 4 is 22.7 Å². The molecule has 4 heterocycles. The van der Waals surface area contributed by atoms with Gasteiger partial charge in [0.05, 0.1) is 21.9 Å². The molecule has 0 N–H and O–H groups in total. The molecule has 0 aliphatic carbocycles. The Balaban J connectivity index is 1.54. The van der Waals surface area contributed by atoms with Crippen molar-refractivity contribution in [3.63, 3.8) is 0 Å². The molecular weight excluding hydrogens is 450 g/mol. The lowest BCUT2D eigenvalue weighted by atomic mass is 9.72. The van der Waals surface area contributed by atoms with E-state index >= 15 is 0 Å². The molecule has 0 saturated carbocycles. The molecule has 5 heteroatoms. The molecule has 0 fully saturated rings. The minimum absolute atomic E-state index is 0.220. The molecule has 174 valence electrons. The Labute approximate surface area is 209 Å². The van der Waals surface area contributed by atoms with Gasteiger partial charge in [0.1, 0.15) is 5.60 Å². The van der Waals surface area contributed by atoms with Crippen LogP contribution >= 0.6 is 11.8 Å². The van der Waals surface area contributed by atoms with E-state index < -0.39 is 0 Å². The molecule has 0 radical (unpaired) electrons. The van der Waals surface area contributed by atoms with Gasteiger partial charge >= 0.3 is 0 Å². The average Bonchev–Trinajstić information content (AvgIpc) is 3.39. The van der Waals surface area contributed by atoms with Gasteiger partial charge in [0.2, 0.25) is 5.88 Å². The predicted octanol–water partition coefficient (Wildman–Crippen LogP) is 7.15. The number of ether oxygens (including phenoxy) is 1. The summed E-state index contributed by atoms with van der Waals surface area (Å²) in [4.78, 5) is 0. The molecule has 2 aromatic heterocycles. The van der Waals surface area contributed by atoms with E-state index in [9.17, 15) is 0 Å². The Kier molecular flexibility index (Phi) is 4.49. The molecule has 0 bridgehead atoms. The zero-order chi connectivity index (χ0) is 23.7. The van der Waals surface area contributed by atoms with E-state index in [0.717, 1.165) is 23.0 Å². The van der Waals surface area contributed by atoms with Crippen molar-refractivity contribution in [1.29, 1.82) is 0 Å². The van der Waals surface area contributed by atoms with Crippen LogP contribution in [0, 0.1) is 12.8 Å². The summed E-state index contributed by atoms with van der Waals surface area (Å²) >= 11 is 1.96. The quantitative estimate of drug-likeness (QED) is 0.271. The normalized spacial score (nSPS) is 20.1. The Morgan fingerprint density at radius 2 is 1.51 bits per heavy atom. The highest BCUT2D eigenvalue weighted by atomic mass is 32.2. The van der Waals surface area contributed by atoms with E-state index in [4.69, 9.17) is 9.84 Å². The van der Waals surface area contributed by atoms with Gasteiger partial charge in [-0.15, -0.1) is 11.8 Å². The third kappa shape index (κ3) is 2.97. The third-order valence-electron chi connectivity index (χ3n) is 7.62. The Morgan fingerprint density at radius 3 is 2.26 bits per heavy atom. The van der Waals surface area contributed by atoms with E-state index in [2.05, 4.69) is 104 Å². The number of aromatic nitrogens is 3. The van der Waals surface area contributed by atoms with Crippen molar-refractivity contribution in [3.8, 4) is 17.3 Å². The average molecular weight is 478 g/mol. The van der Waals surface area contributed by atoms with Crippen LogP contribution in [0.4, 0.5) is 0 Å². The maximum absolute atomic E-state index is 6.79. The second-order valence-corrected chi connectivity index (χ2v) is 11.1. The maximum atomic E-state index is 6.79. The van der Waals surface area contributed by atoms with E-state index in [1.807, 2.05) is 22.5 Å². The molecule has 2 aliphatic rings. The number of para-hydroxylation sites is 3. The summed E-state index contributed by atoms with van der Waals surface area (Å²) in [5.74, 6) is 2.45. The molecule has 2 aliphatic heterocycles. The molecule has 7 rings (SSSR count). The van der Waals surface area contributed by atoms with Gasteiger partial charge in [-0.3, -0.25) is 0 Å². The minimum Gasteiger partial charge on any atom is -0.471 e. The first-order valence-corrected chi connectivity index (χ1v) is 13.2. The van der Waals surface area contributed by atoms with E-state index in [1.165, 1.54) is 32.7 Å². The summed E-state index contributed by atoms with van der Waals surface area (Å²) in [5, 5.41) is 7.68. The molecule has 5 aromatic rings. The zero-order valence-electron chi connectivity index (χ0n) is 20.1. The van der Waals surface area contributed by atoms with Crippen molar-refractivity contribution in [2.24, 2.45) is 5.92 Å². The van der Waals surface area contributed by atoms with Crippen molar-refractivity contribution in [3.05, 3.63) is 102 Å². The summed E-state index contributed by atoms with van der Waals surface area (Å²) < 4.78 is 11.2. The topological polar surface area (TPSA) is 32.0 Å². The van der Waals surface area contributed by atoms with Crippen molar-refractivity contribution in [1.82, 2.24) is 14.3 Å². The highest BCUT2D eigenvalue weighted by Crippen LogP contribution is 2.58. The van der Waals surface area contributed by atoms with Crippen LogP contribution in [0.3, 0.4) is 0 Å². The van der Waals surface area contributed by atoms with Gasteiger partial charge in [-0.1, -0.05) is 54.6 Å². The summed E-state index contributed by atoms with van der Waals surface area (Å²) in [6.45, 7) is 6.62. The number of fused-ring (bicyclic) bond motifs is 7.